The molecule has 0 unspecified atom stereocenters. The van der Waals surface area contributed by atoms with Crippen LogP contribution in [0.5, 0.6) is 0 Å². The molecule has 2 aromatic rings. The minimum Gasteiger partial charge on any atom is -0.368 e. The summed E-state index contributed by atoms with van der Waals surface area (Å²) in [7, 11) is 0. The fourth-order valence-corrected chi connectivity index (χ4v) is 2.05. The molecule has 0 saturated heterocycles. The van der Waals surface area contributed by atoms with Crippen LogP contribution in [-0.4, -0.2) is 21.3 Å². The Morgan fingerprint density at radius 1 is 1.30 bits per heavy atom. The predicted octanol–water partition coefficient (Wildman–Crippen LogP) is 3.75. The molecular weight excluding hydrogens is 330 g/mol. The van der Waals surface area contributed by atoms with Crippen LogP contribution in [0.4, 0.5) is 14.6 Å². The molecule has 0 aliphatic carbocycles. The summed E-state index contributed by atoms with van der Waals surface area (Å²) in [5.41, 5.74) is 1.43. The number of nitrogens with zero attached hydrogens (tertiary/aromatic N) is 3. The molecule has 0 spiro atoms. The molecule has 2 rings (SSSR count). The number of hydrogen-bond acceptors (Lipinski definition) is 3. The Morgan fingerprint density at radius 2 is 2.00 bits per heavy atom. The molecule has 1 N–H and O–H groups in total. The van der Waals surface area contributed by atoms with Crippen LogP contribution >= 0.6 is 15.9 Å². The zero-order chi connectivity index (χ0) is 14.9. The summed E-state index contributed by atoms with van der Waals surface area (Å²) in [4.78, 5) is 4.01. The third-order valence-corrected chi connectivity index (χ3v) is 4.00. The molecule has 0 amide bonds. The van der Waals surface area contributed by atoms with Crippen molar-refractivity contribution in [3.8, 4) is 5.82 Å². The van der Waals surface area contributed by atoms with Crippen molar-refractivity contribution in [1.82, 2.24) is 14.8 Å². The Bertz CT molecular complexity index is 640. The molecule has 0 aromatic carbocycles. The van der Waals surface area contributed by atoms with Crippen molar-refractivity contribution in [2.24, 2.45) is 0 Å². The van der Waals surface area contributed by atoms with Crippen LogP contribution in [0.3, 0.4) is 0 Å². The van der Waals surface area contributed by atoms with Gasteiger partial charge in [-0.1, -0.05) is 6.92 Å². The summed E-state index contributed by atoms with van der Waals surface area (Å²) in [6.45, 7) is 6.10. The monoisotopic (exact) mass is 344 g/mol. The van der Waals surface area contributed by atoms with Crippen molar-refractivity contribution in [2.45, 2.75) is 27.2 Å². The molecule has 2 aromatic heterocycles. The maximum atomic E-state index is 14.0. The van der Waals surface area contributed by atoms with Crippen molar-refractivity contribution in [3.63, 3.8) is 0 Å². The van der Waals surface area contributed by atoms with Gasteiger partial charge in [-0.2, -0.15) is 5.10 Å². The molecule has 0 bridgehead atoms. The Labute approximate surface area is 124 Å². The summed E-state index contributed by atoms with van der Waals surface area (Å²) < 4.78 is 29.8. The van der Waals surface area contributed by atoms with E-state index in [1.54, 1.807) is 13.8 Å². The van der Waals surface area contributed by atoms with Crippen LogP contribution in [0.1, 0.15) is 24.7 Å². The normalized spacial score (nSPS) is 10.9. The molecule has 2 heterocycles. The fourth-order valence-electron chi connectivity index (χ4n) is 1.80. The van der Waals surface area contributed by atoms with E-state index < -0.39 is 11.6 Å². The summed E-state index contributed by atoms with van der Waals surface area (Å²) in [6, 6.07) is 0.824. The summed E-state index contributed by atoms with van der Waals surface area (Å²) in [5, 5.41) is 7.04. The van der Waals surface area contributed by atoms with Crippen LogP contribution in [-0.2, 0) is 0 Å². The van der Waals surface area contributed by atoms with E-state index >= 15 is 0 Å². The number of hydrogen-bond donors (Lipinski definition) is 1. The Kier molecular flexibility index (Phi) is 4.37. The van der Waals surface area contributed by atoms with Crippen LogP contribution in [0, 0.1) is 25.5 Å². The van der Waals surface area contributed by atoms with Crippen LogP contribution < -0.4 is 5.32 Å². The van der Waals surface area contributed by atoms with Gasteiger partial charge in [-0.25, -0.2) is 18.4 Å². The van der Waals surface area contributed by atoms with Crippen LogP contribution in [0.25, 0.3) is 5.82 Å². The van der Waals surface area contributed by atoms with Gasteiger partial charge in [-0.15, -0.1) is 0 Å². The van der Waals surface area contributed by atoms with Gasteiger partial charge >= 0.3 is 0 Å². The number of aryl methyl sites for hydroxylation is 1. The first-order valence-electron chi connectivity index (χ1n) is 6.27. The van der Waals surface area contributed by atoms with Crippen LogP contribution in [0.15, 0.2) is 10.5 Å². The molecule has 7 heteroatoms. The van der Waals surface area contributed by atoms with E-state index in [1.807, 2.05) is 6.92 Å². The summed E-state index contributed by atoms with van der Waals surface area (Å²) >= 11 is 3.37. The topological polar surface area (TPSA) is 42.7 Å². The molecule has 20 heavy (non-hydrogen) atoms. The minimum absolute atomic E-state index is 0.0173. The highest BCUT2D eigenvalue weighted by molar-refractivity contribution is 9.10. The van der Waals surface area contributed by atoms with Crippen molar-refractivity contribution in [1.29, 1.82) is 0 Å². The molecule has 0 saturated carbocycles. The van der Waals surface area contributed by atoms with Crippen molar-refractivity contribution in [3.05, 3.63) is 33.6 Å². The quantitative estimate of drug-likeness (QED) is 0.918. The lowest BCUT2D eigenvalue weighted by molar-refractivity contribution is 0.560. The molecule has 0 aliphatic rings. The standard InChI is InChI=1S/C13H15BrF2N4/c1-4-5-17-12-9(15)6-10(16)13(18-12)20-8(3)11(14)7(2)19-20/h6H,4-5H2,1-3H3,(H,17,18). The molecule has 108 valence electrons. The van der Waals surface area contributed by atoms with E-state index in [-0.39, 0.29) is 11.6 Å². The zero-order valence-corrected chi connectivity index (χ0v) is 13.1. The third kappa shape index (κ3) is 2.67. The van der Waals surface area contributed by atoms with E-state index in [0.29, 0.717) is 12.2 Å². The number of aromatic nitrogens is 3. The third-order valence-electron chi connectivity index (χ3n) is 2.86. The maximum Gasteiger partial charge on any atom is 0.192 e. The average molecular weight is 345 g/mol. The largest absolute Gasteiger partial charge is 0.368 e. The van der Waals surface area contributed by atoms with Gasteiger partial charge in [0.25, 0.3) is 0 Å². The fraction of sp³-hybridized carbons (Fsp3) is 0.385. The highest BCUT2D eigenvalue weighted by Crippen LogP contribution is 2.25. The van der Waals surface area contributed by atoms with Crippen molar-refractivity contribution >= 4 is 21.7 Å². The van der Waals surface area contributed by atoms with E-state index in [1.165, 1.54) is 4.68 Å². The maximum absolute atomic E-state index is 14.0. The summed E-state index contributed by atoms with van der Waals surface area (Å²) in [5.74, 6) is -1.44. The van der Waals surface area contributed by atoms with Gasteiger partial charge < -0.3 is 5.32 Å². The zero-order valence-electron chi connectivity index (χ0n) is 11.5. The van der Waals surface area contributed by atoms with Crippen LogP contribution in [0.2, 0.25) is 0 Å². The smallest absolute Gasteiger partial charge is 0.192 e. The van der Waals surface area contributed by atoms with Gasteiger partial charge in [0.1, 0.15) is 0 Å². The van der Waals surface area contributed by atoms with Gasteiger partial charge in [-0.3, -0.25) is 0 Å². The van der Waals surface area contributed by atoms with Crippen molar-refractivity contribution in [2.75, 3.05) is 11.9 Å². The number of halogens is 3. The molecule has 0 aliphatic heterocycles. The molecule has 0 atom stereocenters. The van der Waals surface area contributed by atoms with Crippen molar-refractivity contribution < 1.29 is 8.78 Å². The average Bonchev–Trinajstić information content (AvgIpc) is 2.66. The predicted molar refractivity (Wildman–Crippen MR) is 77.2 cm³/mol. The lowest BCUT2D eigenvalue weighted by atomic mass is 10.3. The second-order valence-corrected chi connectivity index (χ2v) is 5.24. The molecular formula is C13H15BrF2N4. The van der Waals surface area contributed by atoms with E-state index in [4.69, 9.17) is 0 Å². The first-order chi connectivity index (χ1) is 9.45. The van der Waals surface area contributed by atoms with Gasteiger partial charge in [0.05, 0.1) is 15.9 Å². The Balaban J connectivity index is 2.53. The lowest BCUT2D eigenvalue weighted by Gasteiger charge is -2.10. The van der Waals surface area contributed by atoms with E-state index in [9.17, 15) is 8.78 Å². The molecule has 4 nitrogen and oxygen atoms in total. The molecule has 0 fully saturated rings. The first-order valence-corrected chi connectivity index (χ1v) is 7.07. The Morgan fingerprint density at radius 3 is 2.55 bits per heavy atom. The van der Waals surface area contributed by atoms with Gasteiger partial charge in [-0.05, 0) is 36.2 Å². The second-order valence-electron chi connectivity index (χ2n) is 4.45. The van der Waals surface area contributed by atoms with Gasteiger partial charge in [0.2, 0.25) is 0 Å². The lowest BCUT2D eigenvalue weighted by Crippen LogP contribution is -2.11. The highest BCUT2D eigenvalue weighted by Gasteiger charge is 2.18. The number of pyridine rings is 1. The number of anilines is 1. The van der Waals surface area contributed by atoms with Gasteiger partial charge in [0.15, 0.2) is 23.3 Å². The highest BCUT2D eigenvalue weighted by atomic mass is 79.9. The second kappa shape index (κ2) is 5.87. The minimum atomic E-state index is -0.748. The van der Waals surface area contributed by atoms with E-state index in [2.05, 4.69) is 31.3 Å². The van der Waals surface area contributed by atoms with E-state index in [0.717, 1.165) is 22.7 Å². The Hall–Kier alpha value is -1.50. The summed E-state index contributed by atoms with van der Waals surface area (Å²) in [6.07, 6.45) is 0.819. The number of rotatable bonds is 4. The number of nitrogens with one attached hydrogen (secondary N) is 1. The van der Waals surface area contributed by atoms with Gasteiger partial charge in [0, 0.05) is 12.6 Å². The SMILES string of the molecule is CCCNc1nc(-n2nc(C)c(Br)c2C)c(F)cc1F. The first kappa shape index (κ1) is 14.9. The molecule has 0 radical (unpaired) electrons.